The van der Waals surface area contributed by atoms with Crippen LogP contribution >= 0.6 is 0 Å². The zero-order valence-electron chi connectivity index (χ0n) is 12.8. The number of benzene rings is 2. The zero-order valence-corrected chi connectivity index (χ0v) is 12.8. The molecule has 0 radical (unpaired) electrons. The first-order valence-corrected chi connectivity index (χ1v) is 7.35. The van der Waals surface area contributed by atoms with Crippen molar-refractivity contribution in [1.29, 1.82) is 0 Å². The van der Waals surface area contributed by atoms with Crippen LogP contribution in [0.15, 0.2) is 65.7 Å². The Morgan fingerprint density at radius 2 is 1.61 bits per heavy atom. The van der Waals surface area contributed by atoms with Crippen molar-refractivity contribution >= 4 is 11.9 Å². The molecule has 0 saturated heterocycles. The molecule has 0 aromatic heterocycles. The van der Waals surface area contributed by atoms with Crippen LogP contribution < -0.4 is 0 Å². The van der Waals surface area contributed by atoms with Gasteiger partial charge in [0.15, 0.2) is 0 Å². The molecule has 0 bridgehead atoms. The molecule has 3 rings (SSSR count). The number of aliphatic carboxylic acids is 1. The number of aliphatic hydroxyl groups is 1. The molecule has 0 unspecified atom stereocenters. The Morgan fingerprint density at radius 1 is 1.09 bits per heavy atom. The minimum absolute atomic E-state index is 0.250. The van der Waals surface area contributed by atoms with Crippen LogP contribution in [0.2, 0.25) is 0 Å². The fourth-order valence-electron chi connectivity index (χ4n) is 2.22. The van der Waals surface area contributed by atoms with E-state index in [2.05, 4.69) is 4.99 Å². The van der Waals surface area contributed by atoms with Crippen molar-refractivity contribution < 1.29 is 19.7 Å². The minimum atomic E-state index is -1.01. The van der Waals surface area contributed by atoms with Crippen LogP contribution in [0.5, 0.6) is 0 Å². The molecular weight excluding hydrogens is 294 g/mol. The highest BCUT2D eigenvalue weighted by Crippen LogP contribution is 2.31. The highest BCUT2D eigenvalue weighted by Gasteiger charge is 2.38. The van der Waals surface area contributed by atoms with Crippen molar-refractivity contribution in [3.8, 4) is 0 Å². The van der Waals surface area contributed by atoms with E-state index in [1.54, 1.807) is 6.92 Å². The van der Waals surface area contributed by atoms with Crippen LogP contribution in [-0.2, 0) is 9.53 Å². The van der Waals surface area contributed by atoms with Crippen molar-refractivity contribution in [2.45, 2.75) is 19.1 Å². The first-order valence-electron chi connectivity index (χ1n) is 7.35. The van der Waals surface area contributed by atoms with Crippen molar-refractivity contribution in [2.24, 2.45) is 4.99 Å². The van der Waals surface area contributed by atoms with E-state index in [9.17, 15) is 9.90 Å². The first-order chi connectivity index (χ1) is 11.2. The number of carboxylic acids is 1. The van der Waals surface area contributed by atoms with Gasteiger partial charge in [-0.3, -0.25) is 0 Å². The molecule has 5 heteroatoms. The second-order valence-electron chi connectivity index (χ2n) is 4.85. The predicted octanol–water partition coefficient (Wildman–Crippen LogP) is 2.66. The highest BCUT2D eigenvalue weighted by molar-refractivity contribution is 5.97. The maximum absolute atomic E-state index is 11.4. The average Bonchev–Trinajstić information content (AvgIpc) is 3.03. The Bertz CT molecular complexity index is 655. The van der Waals surface area contributed by atoms with Gasteiger partial charge in [-0.2, -0.15) is 0 Å². The Labute approximate surface area is 134 Å². The summed E-state index contributed by atoms with van der Waals surface area (Å²) in [5, 5.41) is 16.9. The van der Waals surface area contributed by atoms with Gasteiger partial charge in [-0.05, 0) is 24.6 Å². The summed E-state index contributed by atoms with van der Waals surface area (Å²) in [7, 11) is 0. The smallest absolute Gasteiger partial charge is 0.347 e. The van der Waals surface area contributed by atoms with E-state index >= 15 is 0 Å². The summed E-state index contributed by atoms with van der Waals surface area (Å²) in [6.45, 7) is 1.93. The predicted molar refractivity (Wildman–Crippen MR) is 87.4 cm³/mol. The van der Waals surface area contributed by atoms with Gasteiger partial charge in [-0.25, -0.2) is 9.79 Å². The molecule has 5 nitrogen and oxygen atoms in total. The molecule has 0 spiro atoms. The van der Waals surface area contributed by atoms with E-state index in [4.69, 9.17) is 9.84 Å². The minimum Gasteiger partial charge on any atom is -0.478 e. The fourth-order valence-corrected chi connectivity index (χ4v) is 2.22. The maximum atomic E-state index is 11.4. The molecule has 0 saturated carbocycles. The fraction of sp³-hybridized carbons (Fsp3) is 0.222. The van der Waals surface area contributed by atoms with Gasteiger partial charge < -0.3 is 14.9 Å². The lowest BCUT2D eigenvalue weighted by Crippen LogP contribution is -2.26. The third-order valence-electron chi connectivity index (χ3n) is 3.19. The first kappa shape index (κ1) is 16.7. The lowest BCUT2D eigenvalue weighted by molar-refractivity contribution is -0.145. The molecule has 2 aromatic rings. The number of aliphatic hydroxyl groups excluding tert-OH is 1. The van der Waals surface area contributed by atoms with Crippen molar-refractivity contribution in [2.75, 3.05) is 6.61 Å². The molecule has 2 aromatic carbocycles. The SMILES string of the molecule is CCO.O=C(O)[C@@H]1OC(c2ccccc2)=N[C@H]1c1ccccc1. The topological polar surface area (TPSA) is 79.1 Å². The Hall–Kier alpha value is -2.66. The summed E-state index contributed by atoms with van der Waals surface area (Å²) in [4.78, 5) is 15.8. The number of carboxylic acid groups (broad SMARTS) is 1. The molecule has 1 aliphatic heterocycles. The lowest BCUT2D eigenvalue weighted by atomic mass is 10.0. The third kappa shape index (κ3) is 4.17. The van der Waals surface area contributed by atoms with E-state index in [0.717, 1.165) is 11.1 Å². The lowest BCUT2D eigenvalue weighted by Gasteiger charge is -2.13. The Balaban J connectivity index is 0.000000595. The molecule has 120 valence electrons. The van der Waals surface area contributed by atoms with Gasteiger partial charge in [0, 0.05) is 12.2 Å². The summed E-state index contributed by atoms with van der Waals surface area (Å²) >= 11 is 0. The van der Waals surface area contributed by atoms with Gasteiger partial charge in [0.1, 0.15) is 6.04 Å². The van der Waals surface area contributed by atoms with Gasteiger partial charge in [0.25, 0.3) is 0 Å². The molecule has 1 aliphatic rings. The number of hydrogen-bond acceptors (Lipinski definition) is 4. The van der Waals surface area contributed by atoms with Crippen molar-refractivity contribution in [3.05, 3.63) is 71.8 Å². The van der Waals surface area contributed by atoms with Gasteiger partial charge >= 0.3 is 5.97 Å². The summed E-state index contributed by atoms with van der Waals surface area (Å²) in [6, 6.07) is 18.2. The molecule has 2 N–H and O–H groups in total. The zero-order chi connectivity index (χ0) is 16.7. The van der Waals surface area contributed by atoms with Crippen LogP contribution in [-0.4, -0.2) is 34.8 Å². The molecule has 0 amide bonds. The Morgan fingerprint density at radius 3 is 2.13 bits per heavy atom. The summed E-state index contributed by atoms with van der Waals surface area (Å²) in [6.07, 6.45) is -0.979. The standard InChI is InChI=1S/C16H13NO3.C2H6O/c18-16(19)14-13(11-7-3-1-4-8-11)17-15(20-14)12-9-5-2-6-10-12;1-2-3/h1-10,13-14H,(H,18,19);3H,2H2,1H3/t13-,14+;/m0./s1. The van der Waals surface area contributed by atoms with Gasteiger partial charge in [0.05, 0.1) is 0 Å². The number of ether oxygens (including phenoxy) is 1. The molecule has 23 heavy (non-hydrogen) atoms. The number of carbonyl (C=O) groups is 1. The molecule has 0 fully saturated rings. The number of hydrogen-bond donors (Lipinski definition) is 2. The van der Waals surface area contributed by atoms with Gasteiger partial charge in [-0.15, -0.1) is 0 Å². The number of nitrogens with zero attached hydrogens (tertiary/aromatic N) is 1. The summed E-state index contributed by atoms with van der Waals surface area (Å²) in [5.41, 5.74) is 1.63. The average molecular weight is 313 g/mol. The molecule has 1 heterocycles. The van der Waals surface area contributed by atoms with Crippen LogP contribution in [0.25, 0.3) is 0 Å². The van der Waals surface area contributed by atoms with Crippen LogP contribution in [0.3, 0.4) is 0 Å². The van der Waals surface area contributed by atoms with Gasteiger partial charge in [-0.1, -0.05) is 48.5 Å². The molecular formula is C18H19NO4. The van der Waals surface area contributed by atoms with E-state index in [1.165, 1.54) is 0 Å². The second kappa shape index (κ2) is 8.10. The van der Waals surface area contributed by atoms with E-state index < -0.39 is 18.1 Å². The molecule has 0 aliphatic carbocycles. The summed E-state index contributed by atoms with van der Waals surface area (Å²) in [5.74, 6) is -0.625. The number of rotatable bonds is 3. The third-order valence-corrected chi connectivity index (χ3v) is 3.19. The van der Waals surface area contributed by atoms with Gasteiger partial charge in [0.2, 0.25) is 12.0 Å². The van der Waals surface area contributed by atoms with Crippen molar-refractivity contribution in [3.63, 3.8) is 0 Å². The van der Waals surface area contributed by atoms with Crippen LogP contribution in [0.4, 0.5) is 0 Å². The van der Waals surface area contributed by atoms with Crippen LogP contribution in [0.1, 0.15) is 24.1 Å². The van der Waals surface area contributed by atoms with E-state index in [1.807, 2.05) is 60.7 Å². The quantitative estimate of drug-likeness (QED) is 0.913. The largest absolute Gasteiger partial charge is 0.478 e. The van der Waals surface area contributed by atoms with E-state index in [0.29, 0.717) is 5.90 Å². The summed E-state index contributed by atoms with van der Waals surface area (Å²) < 4.78 is 5.53. The monoisotopic (exact) mass is 313 g/mol. The van der Waals surface area contributed by atoms with E-state index in [-0.39, 0.29) is 6.61 Å². The number of aliphatic imine (C=N–C) groups is 1. The second-order valence-corrected chi connectivity index (χ2v) is 4.85. The Kier molecular flexibility index (Phi) is 5.88. The molecule has 2 atom stereocenters. The van der Waals surface area contributed by atoms with Crippen molar-refractivity contribution in [1.82, 2.24) is 0 Å². The maximum Gasteiger partial charge on any atom is 0.347 e. The van der Waals surface area contributed by atoms with Crippen LogP contribution in [0, 0.1) is 0 Å². The normalized spacial score (nSPS) is 19.1. The highest BCUT2D eigenvalue weighted by atomic mass is 16.5.